The standard InChI is InChI=1S/C22H27NO6/c1-14-10-17(25)20(28)21(29-14)22(8-3-2-4-9-22)12-19(27)23-13-18(26)15-6-5-7-16(24)11-15/h5-7,10-11,18,24,26,28H,2-4,8-9,12-13H2,1H3,(H,23,27). The minimum atomic E-state index is -0.960. The molecule has 1 heterocycles. The monoisotopic (exact) mass is 401 g/mol. The maximum absolute atomic E-state index is 12.7. The maximum Gasteiger partial charge on any atom is 0.227 e. The molecule has 0 radical (unpaired) electrons. The SMILES string of the molecule is Cc1cc(=O)c(O)c(C2(CC(=O)NCC(O)c3cccc(O)c3)CCCCC2)o1. The van der Waals surface area contributed by atoms with E-state index in [0.717, 1.165) is 19.3 Å². The van der Waals surface area contributed by atoms with Crippen LogP contribution in [0.5, 0.6) is 11.5 Å². The third-order valence-corrected chi connectivity index (χ3v) is 5.58. The second kappa shape index (κ2) is 8.69. The summed E-state index contributed by atoms with van der Waals surface area (Å²) in [6.07, 6.45) is 3.13. The Morgan fingerprint density at radius 1 is 1.21 bits per heavy atom. The summed E-state index contributed by atoms with van der Waals surface area (Å²) in [5.74, 6) is -0.0999. The van der Waals surface area contributed by atoms with E-state index in [4.69, 9.17) is 4.42 Å². The highest BCUT2D eigenvalue weighted by Gasteiger charge is 2.41. The quantitative estimate of drug-likeness (QED) is 0.591. The summed E-state index contributed by atoms with van der Waals surface area (Å²) < 4.78 is 5.73. The van der Waals surface area contributed by atoms with Crippen molar-refractivity contribution in [2.45, 2.75) is 57.0 Å². The second-order valence-corrected chi connectivity index (χ2v) is 7.83. The van der Waals surface area contributed by atoms with Crippen LogP contribution in [0.15, 0.2) is 39.5 Å². The zero-order chi connectivity index (χ0) is 21.0. The Balaban J connectivity index is 1.75. The van der Waals surface area contributed by atoms with Gasteiger partial charge in [0.1, 0.15) is 11.5 Å². The van der Waals surface area contributed by atoms with Gasteiger partial charge in [-0.3, -0.25) is 9.59 Å². The highest BCUT2D eigenvalue weighted by atomic mass is 16.4. The van der Waals surface area contributed by atoms with Crippen molar-refractivity contribution < 1.29 is 24.5 Å². The van der Waals surface area contributed by atoms with Gasteiger partial charge in [0.05, 0.1) is 6.10 Å². The Bertz CT molecular complexity index is 929. The first-order valence-corrected chi connectivity index (χ1v) is 9.89. The van der Waals surface area contributed by atoms with E-state index in [9.17, 15) is 24.9 Å². The largest absolute Gasteiger partial charge is 0.508 e. The molecule has 7 nitrogen and oxygen atoms in total. The highest BCUT2D eigenvalue weighted by molar-refractivity contribution is 5.77. The summed E-state index contributed by atoms with van der Waals surface area (Å²) in [5, 5.41) is 32.9. The van der Waals surface area contributed by atoms with Crippen molar-refractivity contribution in [1.82, 2.24) is 5.32 Å². The molecule has 1 atom stereocenters. The van der Waals surface area contributed by atoms with E-state index in [2.05, 4.69) is 5.32 Å². The van der Waals surface area contributed by atoms with Gasteiger partial charge in [-0.25, -0.2) is 0 Å². The molecule has 0 aliphatic heterocycles. The van der Waals surface area contributed by atoms with Crippen molar-refractivity contribution in [3.05, 3.63) is 57.6 Å². The predicted octanol–water partition coefficient (Wildman–Crippen LogP) is 2.80. The van der Waals surface area contributed by atoms with E-state index in [1.807, 2.05) is 0 Å². The van der Waals surface area contributed by atoms with Gasteiger partial charge in [0, 0.05) is 24.4 Å². The van der Waals surface area contributed by atoms with Crippen LogP contribution in [0.4, 0.5) is 0 Å². The maximum atomic E-state index is 12.7. The molecule has 0 saturated heterocycles. The molecular weight excluding hydrogens is 374 g/mol. The average molecular weight is 401 g/mol. The lowest BCUT2D eigenvalue weighted by Gasteiger charge is -2.36. The van der Waals surface area contributed by atoms with Crippen LogP contribution in [-0.2, 0) is 10.2 Å². The zero-order valence-electron chi connectivity index (χ0n) is 16.5. The molecule has 1 aliphatic carbocycles. The normalized spacial score (nSPS) is 16.9. The summed E-state index contributed by atoms with van der Waals surface area (Å²) in [4.78, 5) is 24.8. The number of phenols is 1. The van der Waals surface area contributed by atoms with Crippen LogP contribution in [-0.4, -0.2) is 27.8 Å². The molecule has 29 heavy (non-hydrogen) atoms. The van der Waals surface area contributed by atoms with Gasteiger partial charge in [-0.05, 0) is 37.5 Å². The molecule has 2 aromatic rings. The molecule has 1 aromatic heterocycles. The molecule has 1 fully saturated rings. The summed E-state index contributed by atoms with van der Waals surface area (Å²) in [7, 11) is 0. The first kappa shape index (κ1) is 20.9. The number of nitrogens with one attached hydrogen (secondary N) is 1. The van der Waals surface area contributed by atoms with Crippen LogP contribution >= 0.6 is 0 Å². The molecule has 1 aliphatic rings. The molecule has 0 spiro atoms. The fourth-order valence-corrected chi connectivity index (χ4v) is 4.11. The first-order chi connectivity index (χ1) is 13.8. The van der Waals surface area contributed by atoms with Gasteiger partial charge in [-0.15, -0.1) is 0 Å². The van der Waals surface area contributed by atoms with Crippen molar-refractivity contribution >= 4 is 5.91 Å². The molecule has 1 amide bonds. The second-order valence-electron chi connectivity index (χ2n) is 7.83. The summed E-state index contributed by atoms with van der Waals surface area (Å²) in [6.45, 7) is 1.63. The third kappa shape index (κ3) is 4.79. The number of amides is 1. The number of aromatic hydroxyl groups is 2. The van der Waals surface area contributed by atoms with Crippen LogP contribution in [0.25, 0.3) is 0 Å². The lowest BCUT2D eigenvalue weighted by molar-refractivity contribution is -0.123. The number of rotatable bonds is 6. The van der Waals surface area contributed by atoms with E-state index in [0.29, 0.717) is 24.2 Å². The Labute approximate surface area is 169 Å². The minimum Gasteiger partial charge on any atom is -0.508 e. The van der Waals surface area contributed by atoms with Crippen LogP contribution in [0, 0.1) is 6.92 Å². The number of carbonyl (C=O) groups excluding carboxylic acids is 1. The topological polar surface area (TPSA) is 120 Å². The van der Waals surface area contributed by atoms with E-state index in [1.165, 1.54) is 18.2 Å². The van der Waals surface area contributed by atoms with E-state index in [1.54, 1.807) is 19.1 Å². The number of benzene rings is 1. The van der Waals surface area contributed by atoms with Crippen LogP contribution < -0.4 is 10.7 Å². The number of carbonyl (C=O) groups is 1. The van der Waals surface area contributed by atoms with E-state index < -0.39 is 22.7 Å². The highest BCUT2D eigenvalue weighted by Crippen LogP contribution is 2.44. The molecule has 0 bridgehead atoms. The minimum absolute atomic E-state index is 0.0118. The Morgan fingerprint density at radius 3 is 2.62 bits per heavy atom. The van der Waals surface area contributed by atoms with E-state index in [-0.39, 0.29) is 30.4 Å². The molecule has 7 heteroatoms. The van der Waals surface area contributed by atoms with Crippen molar-refractivity contribution in [1.29, 1.82) is 0 Å². The fraction of sp³-hybridized carbons (Fsp3) is 0.455. The molecule has 156 valence electrons. The lowest BCUT2D eigenvalue weighted by Crippen LogP contribution is -2.38. The first-order valence-electron chi connectivity index (χ1n) is 9.89. The molecule has 1 aromatic carbocycles. The van der Waals surface area contributed by atoms with Gasteiger partial charge in [-0.1, -0.05) is 31.4 Å². The molecular formula is C22H27NO6. The Kier molecular flexibility index (Phi) is 6.27. The number of aliphatic hydroxyl groups excluding tert-OH is 1. The third-order valence-electron chi connectivity index (χ3n) is 5.58. The van der Waals surface area contributed by atoms with Crippen LogP contribution in [0.2, 0.25) is 0 Å². The summed E-state index contributed by atoms with van der Waals surface area (Å²) in [5.41, 5.74) is -0.749. The molecule has 3 rings (SSSR count). The van der Waals surface area contributed by atoms with Gasteiger partial charge in [0.25, 0.3) is 0 Å². The molecule has 1 unspecified atom stereocenters. The van der Waals surface area contributed by atoms with Gasteiger partial charge < -0.3 is 25.1 Å². The van der Waals surface area contributed by atoms with Gasteiger partial charge in [0.2, 0.25) is 17.1 Å². The summed E-state index contributed by atoms with van der Waals surface area (Å²) >= 11 is 0. The van der Waals surface area contributed by atoms with E-state index >= 15 is 0 Å². The molecule has 4 N–H and O–H groups in total. The smallest absolute Gasteiger partial charge is 0.227 e. The number of aryl methyl sites for hydroxylation is 1. The summed E-state index contributed by atoms with van der Waals surface area (Å²) in [6, 6.07) is 7.47. The van der Waals surface area contributed by atoms with Crippen molar-refractivity contribution in [2.75, 3.05) is 6.54 Å². The van der Waals surface area contributed by atoms with Crippen LogP contribution in [0.1, 0.15) is 61.7 Å². The van der Waals surface area contributed by atoms with Gasteiger partial charge >= 0.3 is 0 Å². The van der Waals surface area contributed by atoms with Crippen molar-refractivity contribution in [2.24, 2.45) is 0 Å². The number of hydrogen-bond donors (Lipinski definition) is 4. The van der Waals surface area contributed by atoms with Gasteiger partial charge in [-0.2, -0.15) is 0 Å². The number of phenolic OH excluding ortho intramolecular Hbond substituents is 1. The van der Waals surface area contributed by atoms with Crippen molar-refractivity contribution in [3.8, 4) is 11.5 Å². The fourth-order valence-electron chi connectivity index (χ4n) is 4.11. The number of hydrogen-bond acceptors (Lipinski definition) is 6. The average Bonchev–Trinajstić information content (AvgIpc) is 2.69. The predicted molar refractivity (Wildman–Crippen MR) is 107 cm³/mol. The van der Waals surface area contributed by atoms with Crippen LogP contribution in [0.3, 0.4) is 0 Å². The van der Waals surface area contributed by atoms with Crippen molar-refractivity contribution in [3.63, 3.8) is 0 Å². The van der Waals surface area contributed by atoms with Gasteiger partial charge in [0.15, 0.2) is 5.76 Å². The Morgan fingerprint density at radius 2 is 1.93 bits per heavy atom. The number of aliphatic hydroxyl groups is 1. The lowest BCUT2D eigenvalue weighted by atomic mass is 9.69. The Hall–Kier alpha value is -2.80. The molecule has 1 saturated carbocycles. The zero-order valence-corrected chi connectivity index (χ0v) is 16.5.